The van der Waals surface area contributed by atoms with Crippen LogP contribution in [-0.4, -0.2) is 48.1 Å². The lowest BCUT2D eigenvalue weighted by Gasteiger charge is -2.19. The Kier molecular flexibility index (Phi) is 7.42. The highest BCUT2D eigenvalue weighted by Gasteiger charge is 2.09. The van der Waals surface area contributed by atoms with Crippen LogP contribution in [0, 0.1) is 0 Å². The van der Waals surface area contributed by atoms with Crippen LogP contribution in [0.3, 0.4) is 0 Å². The number of amides is 2. The molecule has 1 aromatic carbocycles. The van der Waals surface area contributed by atoms with Gasteiger partial charge in [0.15, 0.2) is 0 Å². The summed E-state index contributed by atoms with van der Waals surface area (Å²) < 4.78 is 0. The van der Waals surface area contributed by atoms with Crippen LogP contribution in [-0.2, 0) is 9.59 Å². The van der Waals surface area contributed by atoms with Crippen molar-refractivity contribution >= 4 is 23.2 Å². The molecule has 0 aromatic heterocycles. The Balaban J connectivity index is 2.48. The number of anilines is 2. The zero-order valence-electron chi connectivity index (χ0n) is 12.6. The van der Waals surface area contributed by atoms with Gasteiger partial charge in [0.05, 0.1) is 6.54 Å². The quantitative estimate of drug-likeness (QED) is 0.674. The van der Waals surface area contributed by atoms with Crippen molar-refractivity contribution in [3.63, 3.8) is 0 Å². The number of hydrogen-bond donors (Lipinski definition) is 3. The number of likely N-dealkylation sites (N-methyl/N-ethyl adjacent to an activating group) is 1. The maximum absolute atomic E-state index is 11.9. The summed E-state index contributed by atoms with van der Waals surface area (Å²) in [4.78, 5) is 24.8. The van der Waals surface area contributed by atoms with E-state index in [1.165, 1.54) is 6.92 Å². The third-order valence-corrected chi connectivity index (χ3v) is 2.94. The Morgan fingerprint density at radius 1 is 1.14 bits per heavy atom. The monoisotopic (exact) mass is 293 g/mol. The molecule has 0 atom stereocenters. The van der Waals surface area contributed by atoms with Gasteiger partial charge < -0.3 is 15.7 Å². The van der Waals surface area contributed by atoms with Gasteiger partial charge >= 0.3 is 0 Å². The van der Waals surface area contributed by atoms with E-state index >= 15 is 0 Å². The van der Waals surface area contributed by atoms with E-state index in [-0.39, 0.29) is 18.4 Å². The second-order valence-corrected chi connectivity index (χ2v) is 4.75. The van der Waals surface area contributed by atoms with Gasteiger partial charge in [0.1, 0.15) is 0 Å². The van der Waals surface area contributed by atoms with E-state index in [0.717, 1.165) is 6.54 Å². The Morgan fingerprint density at radius 3 is 2.19 bits per heavy atom. The summed E-state index contributed by atoms with van der Waals surface area (Å²) in [5.74, 6) is -0.226. The average molecular weight is 293 g/mol. The highest BCUT2D eigenvalue weighted by Crippen LogP contribution is 2.13. The van der Waals surface area contributed by atoms with Crippen molar-refractivity contribution in [2.45, 2.75) is 20.3 Å². The van der Waals surface area contributed by atoms with Crippen molar-refractivity contribution in [3.8, 4) is 0 Å². The topological polar surface area (TPSA) is 81.7 Å². The van der Waals surface area contributed by atoms with E-state index in [1.54, 1.807) is 24.3 Å². The van der Waals surface area contributed by atoms with E-state index in [4.69, 9.17) is 5.11 Å². The molecule has 0 saturated heterocycles. The highest BCUT2D eigenvalue weighted by molar-refractivity contribution is 5.93. The number of hydrogen-bond acceptors (Lipinski definition) is 4. The Bertz CT molecular complexity index is 460. The van der Waals surface area contributed by atoms with Crippen molar-refractivity contribution in [2.75, 3.05) is 36.9 Å². The number of nitrogens with zero attached hydrogens (tertiary/aromatic N) is 1. The van der Waals surface area contributed by atoms with Crippen LogP contribution in [0.2, 0.25) is 0 Å². The van der Waals surface area contributed by atoms with E-state index in [1.807, 2.05) is 11.8 Å². The summed E-state index contributed by atoms with van der Waals surface area (Å²) in [6, 6.07) is 6.96. The predicted octanol–water partition coefficient (Wildman–Crippen LogP) is 1.29. The number of aliphatic hydroxyl groups is 1. The molecule has 0 radical (unpaired) electrons. The molecule has 6 heteroatoms. The lowest BCUT2D eigenvalue weighted by molar-refractivity contribution is -0.117. The lowest BCUT2D eigenvalue weighted by Crippen LogP contribution is -2.34. The molecule has 3 N–H and O–H groups in total. The molecule has 0 fully saturated rings. The van der Waals surface area contributed by atoms with Crippen LogP contribution in [0.25, 0.3) is 0 Å². The van der Waals surface area contributed by atoms with Gasteiger partial charge in [0.25, 0.3) is 0 Å². The molecule has 0 spiro atoms. The average Bonchev–Trinajstić information content (AvgIpc) is 2.45. The van der Waals surface area contributed by atoms with Gasteiger partial charge in [-0.1, -0.05) is 6.92 Å². The van der Waals surface area contributed by atoms with Crippen molar-refractivity contribution in [1.29, 1.82) is 0 Å². The molecule has 6 nitrogen and oxygen atoms in total. The van der Waals surface area contributed by atoms with Gasteiger partial charge in [-0.25, -0.2) is 0 Å². The van der Waals surface area contributed by atoms with Crippen molar-refractivity contribution in [2.24, 2.45) is 0 Å². The van der Waals surface area contributed by atoms with Crippen LogP contribution in [0.1, 0.15) is 20.3 Å². The molecule has 0 heterocycles. The summed E-state index contributed by atoms with van der Waals surface area (Å²) in [6.07, 6.45) is 0.659. The van der Waals surface area contributed by atoms with Crippen molar-refractivity contribution in [3.05, 3.63) is 24.3 Å². The van der Waals surface area contributed by atoms with Gasteiger partial charge in [-0.05, 0) is 37.2 Å². The number of aliphatic hydroxyl groups excluding tert-OH is 1. The first-order chi connectivity index (χ1) is 10.0. The van der Waals surface area contributed by atoms with Crippen LogP contribution >= 0.6 is 0 Å². The Labute approximate surface area is 125 Å². The lowest BCUT2D eigenvalue weighted by atomic mass is 10.2. The van der Waals surface area contributed by atoms with E-state index in [0.29, 0.717) is 30.9 Å². The first kappa shape index (κ1) is 17.1. The van der Waals surface area contributed by atoms with Crippen molar-refractivity contribution in [1.82, 2.24) is 4.90 Å². The van der Waals surface area contributed by atoms with Gasteiger partial charge in [0.2, 0.25) is 11.8 Å². The second kappa shape index (κ2) is 9.10. The highest BCUT2D eigenvalue weighted by atomic mass is 16.3. The fourth-order valence-electron chi connectivity index (χ4n) is 1.89. The van der Waals surface area contributed by atoms with Crippen LogP contribution in [0.5, 0.6) is 0 Å². The van der Waals surface area contributed by atoms with E-state index < -0.39 is 0 Å². The Morgan fingerprint density at radius 2 is 1.71 bits per heavy atom. The van der Waals surface area contributed by atoms with E-state index in [2.05, 4.69) is 10.6 Å². The van der Waals surface area contributed by atoms with Crippen molar-refractivity contribution < 1.29 is 14.7 Å². The molecular weight excluding hydrogens is 270 g/mol. The minimum atomic E-state index is -0.130. The molecule has 2 amide bonds. The molecule has 0 bridgehead atoms. The zero-order chi connectivity index (χ0) is 15.7. The Hall–Kier alpha value is -1.92. The number of nitrogens with one attached hydrogen (secondary N) is 2. The standard InChI is InChI=1S/C15H23N3O3/c1-3-18(9-4-10-19)11-15(21)17-14-7-5-13(6-8-14)16-12(2)20/h5-8,19H,3-4,9-11H2,1-2H3,(H,16,20)(H,17,21). The minimum Gasteiger partial charge on any atom is -0.396 e. The molecule has 1 aromatic rings. The summed E-state index contributed by atoms with van der Waals surface area (Å²) in [5, 5.41) is 14.3. The fraction of sp³-hybridized carbons (Fsp3) is 0.467. The number of rotatable bonds is 8. The van der Waals surface area contributed by atoms with Gasteiger partial charge in [-0.15, -0.1) is 0 Å². The summed E-state index contributed by atoms with van der Waals surface area (Å²) in [5.41, 5.74) is 1.38. The molecule has 1 rings (SSSR count). The number of benzene rings is 1. The SMILES string of the molecule is CCN(CCCO)CC(=O)Nc1ccc(NC(C)=O)cc1. The van der Waals surface area contributed by atoms with Gasteiger partial charge in [-0.3, -0.25) is 14.5 Å². The molecule has 116 valence electrons. The second-order valence-electron chi connectivity index (χ2n) is 4.75. The predicted molar refractivity (Wildman–Crippen MR) is 83.2 cm³/mol. The van der Waals surface area contributed by atoms with E-state index in [9.17, 15) is 9.59 Å². The molecule has 0 aliphatic heterocycles. The first-order valence-electron chi connectivity index (χ1n) is 7.06. The molecule has 0 aliphatic rings. The molecule has 0 saturated carbocycles. The third kappa shape index (κ3) is 6.87. The summed E-state index contributed by atoms with van der Waals surface area (Å²) in [7, 11) is 0. The molecular formula is C15H23N3O3. The smallest absolute Gasteiger partial charge is 0.238 e. The van der Waals surface area contributed by atoms with Crippen LogP contribution in [0.4, 0.5) is 11.4 Å². The summed E-state index contributed by atoms with van der Waals surface area (Å²) >= 11 is 0. The maximum atomic E-state index is 11.9. The summed E-state index contributed by atoms with van der Waals surface area (Å²) in [6.45, 7) is 5.30. The third-order valence-electron chi connectivity index (χ3n) is 2.94. The number of carbonyl (C=O) groups excluding carboxylic acids is 2. The molecule has 21 heavy (non-hydrogen) atoms. The molecule has 0 aliphatic carbocycles. The normalized spacial score (nSPS) is 10.5. The van der Waals surface area contributed by atoms with Crippen LogP contribution in [0.15, 0.2) is 24.3 Å². The zero-order valence-corrected chi connectivity index (χ0v) is 12.6. The van der Waals surface area contributed by atoms with Gasteiger partial charge in [0, 0.05) is 31.5 Å². The molecule has 0 unspecified atom stereocenters. The van der Waals surface area contributed by atoms with Gasteiger partial charge in [-0.2, -0.15) is 0 Å². The fourth-order valence-corrected chi connectivity index (χ4v) is 1.89. The van der Waals surface area contributed by atoms with Crippen LogP contribution < -0.4 is 10.6 Å². The number of carbonyl (C=O) groups is 2. The first-order valence-corrected chi connectivity index (χ1v) is 7.06. The minimum absolute atomic E-state index is 0.0953. The largest absolute Gasteiger partial charge is 0.396 e. The maximum Gasteiger partial charge on any atom is 0.238 e.